The number of nitrogens with zero attached hydrogens (tertiary/aromatic N) is 2. The van der Waals surface area contributed by atoms with Crippen LogP contribution in [0.2, 0.25) is 0 Å². The fraction of sp³-hybridized carbons (Fsp3) is 0.267. The van der Waals surface area contributed by atoms with Crippen molar-refractivity contribution in [2.75, 3.05) is 10.6 Å². The van der Waals surface area contributed by atoms with Gasteiger partial charge in [0.15, 0.2) is 0 Å². The highest BCUT2D eigenvalue weighted by molar-refractivity contribution is 14.1. The molecule has 0 atom stereocenters. The molecular formula is C15H17IN4O. The topological polar surface area (TPSA) is 66.9 Å². The Labute approximate surface area is 137 Å². The van der Waals surface area contributed by atoms with Crippen molar-refractivity contribution in [2.24, 2.45) is 5.41 Å². The van der Waals surface area contributed by atoms with Gasteiger partial charge in [-0.05, 0) is 46.9 Å². The highest BCUT2D eigenvalue weighted by atomic mass is 127. The van der Waals surface area contributed by atoms with Crippen LogP contribution in [0, 0.1) is 8.99 Å². The molecule has 0 aliphatic rings. The molecule has 0 aliphatic heterocycles. The van der Waals surface area contributed by atoms with Crippen LogP contribution < -0.4 is 10.6 Å². The number of aromatic nitrogens is 2. The van der Waals surface area contributed by atoms with Gasteiger partial charge in [-0.3, -0.25) is 4.79 Å². The van der Waals surface area contributed by atoms with Crippen LogP contribution in [0.15, 0.2) is 36.7 Å². The first-order chi connectivity index (χ1) is 9.86. The number of nitrogens with one attached hydrogen (secondary N) is 2. The third-order valence-electron chi connectivity index (χ3n) is 2.71. The van der Waals surface area contributed by atoms with Crippen molar-refractivity contribution in [2.45, 2.75) is 20.8 Å². The molecule has 0 saturated carbocycles. The lowest BCUT2D eigenvalue weighted by atomic mass is 9.96. The Bertz CT molecular complexity index is 635. The van der Waals surface area contributed by atoms with E-state index in [0.29, 0.717) is 11.5 Å². The number of halogens is 1. The number of anilines is 3. The first kappa shape index (κ1) is 15.7. The first-order valence-corrected chi connectivity index (χ1v) is 7.59. The van der Waals surface area contributed by atoms with Gasteiger partial charge in [-0.25, -0.2) is 9.97 Å². The SMILES string of the molecule is CC(C)(C)C(=O)Nc1ccc(Nc2ncccc2I)nc1. The second-order valence-electron chi connectivity index (χ2n) is 5.60. The van der Waals surface area contributed by atoms with Crippen molar-refractivity contribution in [3.05, 3.63) is 40.2 Å². The van der Waals surface area contributed by atoms with Gasteiger partial charge in [-0.15, -0.1) is 0 Å². The number of carbonyl (C=O) groups is 1. The maximum Gasteiger partial charge on any atom is 0.229 e. The van der Waals surface area contributed by atoms with E-state index in [1.165, 1.54) is 0 Å². The molecule has 6 heteroatoms. The zero-order valence-electron chi connectivity index (χ0n) is 12.1. The zero-order valence-corrected chi connectivity index (χ0v) is 14.3. The predicted octanol–water partition coefficient (Wildman–Crippen LogP) is 3.81. The molecule has 0 aromatic carbocycles. The van der Waals surface area contributed by atoms with Crippen molar-refractivity contribution in [3.8, 4) is 0 Å². The second kappa shape index (κ2) is 6.38. The van der Waals surface area contributed by atoms with Crippen LogP contribution in [0.1, 0.15) is 20.8 Å². The molecule has 2 heterocycles. The number of hydrogen-bond donors (Lipinski definition) is 2. The molecule has 0 spiro atoms. The van der Waals surface area contributed by atoms with Gasteiger partial charge in [0.25, 0.3) is 0 Å². The Morgan fingerprint density at radius 1 is 1.19 bits per heavy atom. The van der Waals surface area contributed by atoms with Gasteiger partial charge in [0.1, 0.15) is 11.6 Å². The van der Waals surface area contributed by atoms with Crippen LogP contribution in [0.5, 0.6) is 0 Å². The number of hydrogen-bond acceptors (Lipinski definition) is 4. The summed E-state index contributed by atoms with van der Waals surface area (Å²) in [6.07, 6.45) is 3.35. The lowest BCUT2D eigenvalue weighted by Crippen LogP contribution is -2.27. The monoisotopic (exact) mass is 396 g/mol. The average Bonchev–Trinajstić information content (AvgIpc) is 2.42. The van der Waals surface area contributed by atoms with E-state index in [2.05, 4.69) is 43.2 Å². The minimum absolute atomic E-state index is 0.0377. The van der Waals surface area contributed by atoms with E-state index >= 15 is 0 Å². The highest BCUT2D eigenvalue weighted by Gasteiger charge is 2.21. The molecular weight excluding hydrogens is 379 g/mol. The van der Waals surface area contributed by atoms with Gasteiger partial charge in [-0.2, -0.15) is 0 Å². The molecule has 2 aromatic rings. The molecule has 0 bridgehead atoms. The molecule has 21 heavy (non-hydrogen) atoms. The zero-order chi connectivity index (χ0) is 15.5. The van der Waals surface area contributed by atoms with E-state index in [0.717, 1.165) is 9.39 Å². The summed E-state index contributed by atoms with van der Waals surface area (Å²) < 4.78 is 1.02. The van der Waals surface area contributed by atoms with Crippen molar-refractivity contribution in [1.29, 1.82) is 0 Å². The maximum atomic E-state index is 11.9. The van der Waals surface area contributed by atoms with Crippen LogP contribution in [0.3, 0.4) is 0 Å². The molecule has 2 N–H and O–H groups in total. The molecule has 110 valence electrons. The predicted molar refractivity (Wildman–Crippen MR) is 92.6 cm³/mol. The summed E-state index contributed by atoms with van der Waals surface area (Å²) in [5, 5.41) is 5.98. The van der Waals surface area contributed by atoms with Gasteiger partial charge < -0.3 is 10.6 Å². The number of amides is 1. The Balaban J connectivity index is 2.06. The highest BCUT2D eigenvalue weighted by Crippen LogP contribution is 2.20. The van der Waals surface area contributed by atoms with Crippen LogP contribution in [0.25, 0.3) is 0 Å². The first-order valence-electron chi connectivity index (χ1n) is 6.51. The van der Waals surface area contributed by atoms with E-state index in [1.807, 2.05) is 45.0 Å². The fourth-order valence-corrected chi connectivity index (χ4v) is 1.94. The van der Waals surface area contributed by atoms with Crippen LogP contribution in [0.4, 0.5) is 17.3 Å². The number of rotatable bonds is 3. The van der Waals surface area contributed by atoms with Gasteiger partial charge in [0, 0.05) is 11.6 Å². The molecule has 5 nitrogen and oxygen atoms in total. The molecule has 0 unspecified atom stereocenters. The normalized spacial score (nSPS) is 11.0. The van der Waals surface area contributed by atoms with E-state index in [4.69, 9.17) is 0 Å². The summed E-state index contributed by atoms with van der Waals surface area (Å²) in [5.41, 5.74) is 0.247. The van der Waals surface area contributed by atoms with Gasteiger partial charge in [0.2, 0.25) is 5.91 Å². The summed E-state index contributed by atoms with van der Waals surface area (Å²) in [7, 11) is 0. The third kappa shape index (κ3) is 4.38. The lowest BCUT2D eigenvalue weighted by molar-refractivity contribution is -0.123. The van der Waals surface area contributed by atoms with Crippen LogP contribution in [-0.2, 0) is 4.79 Å². The lowest BCUT2D eigenvalue weighted by Gasteiger charge is -2.17. The molecule has 0 radical (unpaired) electrons. The van der Waals surface area contributed by atoms with Crippen molar-refractivity contribution < 1.29 is 4.79 Å². The maximum absolute atomic E-state index is 11.9. The minimum atomic E-state index is -0.430. The van der Waals surface area contributed by atoms with E-state index < -0.39 is 5.41 Å². The molecule has 1 amide bonds. The minimum Gasteiger partial charge on any atom is -0.324 e. The summed E-state index contributed by atoms with van der Waals surface area (Å²) in [5.74, 6) is 1.40. The average molecular weight is 396 g/mol. The summed E-state index contributed by atoms with van der Waals surface area (Å²) in [6.45, 7) is 5.61. The van der Waals surface area contributed by atoms with Crippen LogP contribution in [-0.4, -0.2) is 15.9 Å². The van der Waals surface area contributed by atoms with Crippen LogP contribution >= 0.6 is 22.6 Å². The van der Waals surface area contributed by atoms with E-state index in [1.54, 1.807) is 12.4 Å². The summed E-state index contributed by atoms with van der Waals surface area (Å²) in [4.78, 5) is 20.4. The molecule has 0 saturated heterocycles. The van der Waals surface area contributed by atoms with Crippen molar-refractivity contribution >= 4 is 45.8 Å². The largest absolute Gasteiger partial charge is 0.324 e. The number of carbonyl (C=O) groups excluding carboxylic acids is 1. The quantitative estimate of drug-likeness (QED) is 0.775. The Kier molecular flexibility index (Phi) is 4.76. The van der Waals surface area contributed by atoms with Crippen molar-refractivity contribution in [3.63, 3.8) is 0 Å². The fourth-order valence-electron chi connectivity index (χ4n) is 1.46. The van der Waals surface area contributed by atoms with E-state index in [9.17, 15) is 4.79 Å². The molecule has 0 aliphatic carbocycles. The molecule has 2 rings (SSSR count). The second-order valence-corrected chi connectivity index (χ2v) is 6.76. The smallest absolute Gasteiger partial charge is 0.229 e. The molecule has 2 aromatic heterocycles. The standard InChI is InChI=1S/C15H17IN4O/c1-15(2,3)14(21)19-10-6-7-12(18-9-10)20-13-11(16)5-4-8-17-13/h4-9H,1-3H3,(H,19,21)(H,17,18,20). The molecule has 0 fully saturated rings. The summed E-state index contributed by atoms with van der Waals surface area (Å²) >= 11 is 2.21. The van der Waals surface area contributed by atoms with Gasteiger partial charge >= 0.3 is 0 Å². The third-order valence-corrected chi connectivity index (χ3v) is 3.58. The Morgan fingerprint density at radius 2 is 1.95 bits per heavy atom. The Hall–Kier alpha value is -1.70. The van der Waals surface area contributed by atoms with Gasteiger partial charge in [0.05, 0.1) is 15.5 Å². The summed E-state index contributed by atoms with van der Waals surface area (Å²) in [6, 6.07) is 7.47. The van der Waals surface area contributed by atoms with Gasteiger partial charge in [-0.1, -0.05) is 20.8 Å². The number of pyridine rings is 2. The Morgan fingerprint density at radius 3 is 2.52 bits per heavy atom. The van der Waals surface area contributed by atoms with E-state index in [-0.39, 0.29) is 5.91 Å². The van der Waals surface area contributed by atoms with Crippen molar-refractivity contribution in [1.82, 2.24) is 9.97 Å².